The van der Waals surface area contributed by atoms with Gasteiger partial charge in [-0.1, -0.05) is 13.0 Å². The highest BCUT2D eigenvalue weighted by atomic mass is 35.5. The van der Waals surface area contributed by atoms with E-state index in [0.717, 1.165) is 31.4 Å². The summed E-state index contributed by atoms with van der Waals surface area (Å²) >= 11 is 5.69. The zero-order chi connectivity index (χ0) is 11.3. The van der Waals surface area contributed by atoms with Crippen LogP contribution in [0.15, 0.2) is 12.2 Å². The van der Waals surface area contributed by atoms with Gasteiger partial charge in [0.15, 0.2) is 0 Å². The molecule has 1 atom stereocenters. The predicted molar refractivity (Wildman–Crippen MR) is 61.1 cm³/mol. The van der Waals surface area contributed by atoms with E-state index < -0.39 is 0 Å². The Hall–Kier alpha value is -0.540. The molecular formula is C11H18ClNO2. The van der Waals surface area contributed by atoms with Crippen molar-refractivity contribution >= 4 is 17.6 Å². The molecule has 0 bridgehead atoms. The van der Waals surface area contributed by atoms with E-state index in [9.17, 15) is 4.79 Å². The normalized spacial score (nSPS) is 22.4. The Morgan fingerprint density at radius 2 is 2.33 bits per heavy atom. The Morgan fingerprint density at radius 1 is 1.60 bits per heavy atom. The van der Waals surface area contributed by atoms with E-state index in [2.05, 4.69) is 11.5 Å². The number of piperidine rings is 1. The fourth-order valence-electron chi connectivity index (χ4n) is 1.91. The largest absolute Gasteiger partial charge is 0.468 e. The molecule has 3 nitrogen and oxygen atoms in total. The second-order valence-corrected chi connectivity index (χ2v) is 4.16. The fourth-order valence-corrected chi connectivity index (χ4v) is 2.00. The molecule has 1 heterocycles. The Bertz CT molecular complexity index is 243. The summed E-state index contributed by atoms with van der Waals surface area (Å²) in [7, 11) is 1.44. The molecule has 1 aliphatic heterocycles. The van der Waals surface area contributed by atoms with Crippen molar-refractivity contribution in [3.05, 3.63) is 12.2 Å². The smallest absolute Gasteiger partial charge is 0.323 e. The van der Waals surface area contributed by atoms with E-state index in [1.807, 2.05) is 0 Å². The molecule has 0 amide bonds. The van der Waals surface area contributed by atoms with Crippen LogP contribution in [0.25, 0.3) is 0 Å². The van der Waals surface area contributed by atoms with Crippen LogP contribution in [0.1, 0.15) is 19.3 Å². The quantitative estimate of drug-likeness (QED) is 0.420. The van der Waals surface area contributed by atoms with Gasteiger partial charge in [0, 0.05) is 12.4 Å². The van der Waals surface area contributed by atoms with Crippen molar-refractivity contribution in [1.29, 1.82) is 0 Å². The molecular weight excluding hydrogens is 214 g/mol. The van der Waals surface area contributed by atoms with Crippen molar-refractivity contribution in [1.82, 2.24) is 4.90 Å². The molecule has 1 unspecified atom stereocenters. The topological polar surface area (TPSA) is 29.5 Å². The first kappa shape index (κ1) is 12.5. The van der Waals surface area contributed by atoms with Crippen molar-refractivity contribution in [2.24, 2.45) is 0 Å². The predicted octanol–water partition coefficient (Wildman–Crippen LogP) is 1.81. The summed E-state index contributed by atoms with van der Waals surface area (Å²) in [5.41, 5.74) is 0.951. The van der Waals surface area contributed by atoms with E-state index in [0.29, 0.717) is 12.4 Å². The zero-order valence-corrected chi connectivity index (χ0v) is 9.92. The van der Waals surface area contributed by atoms with Crippen LogP contribution in [0.2, 0.25) is 0 Å². The van der Waals surface area contributed by atoms with Crippen molar-refractivity contribution in [2.45, 2.75) is 25.3 Å². The van der Waals surface area contributed by atoms with Gasteiger partial charge < -0.3 is 4.74 Å². The van der Waals surface area contributed by atoms with Crippen LogP contribution in [-0.4, -0.2) is 43.0 Å². The third kappa shape index (κ3) is 3.50. The molecule has 0 aromatic carbocycles. The number of likely N-dealkylation sites (tertiary alicyclic amines) is 1. The molecule has 0 N–H and O–H groups in total. The number of methoxy groups -OCH3 is 1. The van der Waals surface area contributed by atoms with Gasteiger partial charge in [-0.3, -0.25) is 9.69 Å². The van der Waals surface area contributed by atoms with Crippen LogP contribution in [0.3, 0.4) is 0 Å². The number of carbonyl (C=O) groups excluding carboxylic acids is 1. The molecule has 0 saturated carbocycles. The van der Waals surface area contributed by atoms with Crippen LogP contribution in [0.5, 0.6) is 0 Å². The monoisotopic (exact) mass is 231 g/mol. The first-order chi connectivity index (χ1) is 7.19. The first-order valence-corrected chi connectivity index (χ1v) is 5.77. The summed E-state index contributed by atoms with van der Waals surface area (Å²) in [5, 5.41) is 0. The van der Waals surface area contributed by atoms with E-state index >= 15 is 0 Å². The highest BCUT2D eigenvalue weighted by Crippen LogP contribution is 2.19. The van der Waals surface area contributed by atoms with E-state index in [1.165, 1.54) is 7.11 Å². The van der Waals surface area contributed by atoms with Crippen LogP contribution >= 0.6 is 11.6 Å². The summed E-state index contributed by atoms with van der Waals surface area (Å²) in [4.78, 5) is 13.6. The fraction of sp³-hybridized carbons (Fsp3) is 0.727. The van der Waals surface area contributed by atoms with E-state index in [-0.39, 0.29) is 12.0 Å². The van der Waals surface area contributed by atoms with Gasteiger partial charge in [-0.05, 0) is 25.0 Å². The van der Waals surface area contributed by atoms with E-state index in [4.69, 9.17) is 16.3 Å². The Labute approximate surface area is 96.0 Å². The van der Waals surface area contributed by atoms with Gasteiger partial charge in [-0.15, -0.1) is 11.6 Å². The average Bonchev–Trinajstić information content (AvgIpc) is 2.28. The number of rotatable bonds is 4. The Morgan fingerprint density at radius 3 is 2.93 bits per heavy atom. The third-order valence-electron chi connectivity index (χ3n) is 2.70. The maximum absolute atomic E-state index is 11.5. The lowest BCUT2D eigenvalue weighted by molar-refractivity contribution is -0.148. The number of nitrogens with zero attached hydrogens (tertiary/aromatic N) is 1. The SMILES string of the molecule is C=C(CCl)CN1CCCCC1C(=O)OC. The minimum Gasteiger partial charge on any atom is -0.468 e. The maximum atomic E-state index is 11.5. The van der Waals surface area contributed by atoms with Gasteiger partial charge >= 0.3 is 5.97 Å². The molecule has 0 aromatic rings. The molecule has 0 spiro atoms. The molecule has 0 radical (unpaired) electrons. The number of halogens is 1. The van der Waals surface area contributed by atoms with Crippen molar-refractivity contribution < 1.29 is 9.53 Å². The summed E-state index contributed by atoms with van der Waals surface area (Å²) in [6.45, 7) is 5.49. The lowest BCUT2D eigenvalue weighted by atomic mass is 10.0. The van der Waals surface area contributed by atoms with Crippen LogP contribution in [0.4, 0.5) is 0 Å². The van der Waals surface area contributed by atoms with Gasteiger partial charge in [0.25, 0.3) is 0 Å². The molecule has 0 aliphatic carbocycles. The molecule has 4 heteroatoms. The molecule has 1 aliphatic rings. The van der Waals surface area contributed by atoms with Gasteiger partial charge in [0.05, 0.1) is 7.11 Å². The lowest BCUT2D eigenvalue weighted by Crippen LogP contribution is -2.46. The third-order valence-corrected chi connectivity index (χ3v) is 3.08. The second-order valence-electron chi connectivity index (χ2n) is 3.89. The summed E-state index contributed by atoms with van der Waals surface area (Å²) in [5.74, 6) is 0.307. The molecule has 1 rings (SSSR count). The molecule has 0 aromatic heterocycles. The Balaban J connectivity index is 2.57. The number of ether oxygens (including phenoxy) is 1. The number of carbonyl (C=O) groups is 1. The van der Waals surface area contributed by atoms with E-state index in [1.54, 1.807) is 0 Å². The highest BCUT2D eigenvalue weighted by Gasteiger charge is 2.29. The van der Waals surface area contributed by atoms with Gasteiger partial charge in [0.2, 0.25) is 0 Å². The molecule has 15 heavy (non-hydrogen) atoms. The van der Waals surface area contributed by atoms with Gasteiger partial charge in [-0.2, -0.15) is 0 Å². The standard InChI is InChI=1S/C11H18ClNO2/c1-9(7-12)8-13-6-4-3-5-10(13)11(14)15-2/h10H,1,3-8H2,2H3. The van der Waals surface area contributed by atoms with Crippen LogP contribution in [-0.2, 0) is 9.53 Å². The second kappa shape index (κ2) is 6.13. The van der Waals surface area contributed by atoms with Crippen LogP contribution in [0, 0.1) is 0 Å². The summed E-state index contributed by atoms with van der Waals surface area (Å²) in [6.07, 6.45) is 3.09. The lowest BCUT2D eigenvalue weighted by Gasteiger charge is -2.33. The number of alkyl halides is 1. The number of hydrogen-bond acceptors (Lipinski definition) is 3. The molecule has 86 valence electrons. The summed E-state index contributed by atoms with van der Waals surface area (Å²) < 4.78 is 4.79. The van der Waals surface area contributed by atoms with Gasteiger partial charge in [0.1, 0.15) is 6.04 Å². The number of esters is 1. The minimum absolute atomic E-state index is 0.108. The summed E-state index contributed by atoms with van der Waals surface area (Å²) in [6, 6.07) is -0.108. The minimum atomic E-state index is -0.142. The van der Waals surface area contributed by atoms with Crippen molar-refractivity contribution in [3.63, 3.8) is 0 Å². The maximum Gasteiger partial charge on any atom is 0.323 e. The van der Waals surface area contributed by atoms with Crippen molar-refractivity contribution in [3.8, 4) is 0 Å². The Kier molecular flexibility index (Phi) is 5.12. The first-order valence-electron chi connectivity index (χ1n) is 5.23. The highest BCUT2D eigenvalue weighted by molar-refractivity contribution is 6.19. The van der Waals surface area contributed by atoms with Gasteiger partial charge in [-0.25, -0.2) is 0 Å². The average molecular weight is 232 g/mol. The zero-order valence-electron chi connectivity index (χ0n) is 9.17. The number of hydrogen-bond donors (Lipinski definition) is 0. The molecule has 1 saturated heterocycles. The van der Waals surface area contributed by atoms with Crippen LogP contribution < -0.4 is 0 Å². The van der Waals surface area contributed by atoms with Crippen molar-refractivity contribution in [2.75, 3.05) is 26.1 Å². The molecule has 1 fully saturated rings.